The Bertz CT molecular complexity index is 246. The molecule has 0 aromatic carbocycles. The second-order valence-corrected chi connectivity index (χ2v) is 5.31. The lowest BCUT2D eigenvalue weighted by molar-refractivity contribution is 0.136. The second kappa shape index (κ2) is 8.35. The van der Waals surface area contributed by atoms with E-state index in [0.29, 0.717) is 6.04 Å². The van der Waals surface area contributed by atoms with Crippen LogP contribution in [0.3, 0.4) is 0 Å². The van der Waals surface area contributed by atoms with E-state index in [1.807, 2.05) is 11.8 Å². The van der Waals surface area contributed by atoms with Gasteiger partial charge in [-0.2, -0.15) is 0 Å². The van der Waals surface area contributed by atoms with Crippen LogP contribution in [-0.2, 0) is 4.74 Å². The minimum absolute atomic E-state index is 0.103. The van der Waals surface area contributed by atoms with Crippen molar-refractivity contribution in [2.75, 3.05) is 26.3 Å². The molecular formula is C14H28N2O2. The predicted octanol–water partition coefficient (Wildman–Crippen LogP) is 2.63. The number of ether oxygens (including phenoxy) is 1. The summed E-state index contributed by atoms with van der Waals surface area (Å²) in [5.74, 6) is 0.746. The van der Waals surface area contributed by atoms with Crippen LogP contribution in [0, 0.1) is 5.92 Å². The van der Waals surface area contributed by atoms with Gasteiger partial charge in [-0.15, -0.1) is 0 Å². The topological polar surface area (TPSA) is 41.6 Å². The van der Waals surface area contributed by atoms with Crippen molar-refractivity contribution in [3.63, 3.8) is 0 Å². The summed E-state index contributed by atoms with van der Waals surface area (Å²) in [6, 6.07) is 0.475. The zero-order valence-electron chi connectivity index (χ0n) is 12.1. The maximum absolute atomic E-state index is 12.0. The average molecular weight is 256 g/mol. The lowest BCUT2D eigenvalue weighted by Crippen LogP contribution is -2.49. The summed E-state index contributed by atoms with van der Waals surface area (Å²) in [7, 11) is 0. The van der Waals surface area contributed by atoms with Crippen LogP contribution in [0.2, 0.25) is 0 Å². The van der Waals surface area contributed by atoms with E-state index in [4.69, 9.17) is 4.74 Å². The molecule has 1 aliphatic heterocycles. The van der Waals surface area contributed by atoms with Crippen LogP contribution in [0.15, 0.2) is 0 Å². The van der Waals surface area contributed by atoms with Crippen molar-refractivity contribution in [3.8, 4) is 0 Å². The molecule has 4 heteroatoms. The van der Waals surface area contributed by atoms with Gasteiger partial charge in [-0.1, -0.05) is 6.92 Å². The summed E-state index contributed by atoms with van der Waals surface area (Å²) in [6.45, 7) is 9.63. The molecule has 0 unspecified atom stereocenters. The Morgan fingerprint density at radius 1 is 1.39 bits per heavy atom. The number of carbonyl (C=O) groups excluding carboxylic acids is 1. The van der Waals surface area contributed by atoms with Crippen molar-refractivity contribution >= 4 is 6.03 Å². The standard InChI is InChI=1S/C14H28N2O2/c1-4-18-10-6-5-8-15-14(17)16-9-7-12(2)11-13(16)3/h12-13H,4-11H2,1-3H3,(H,15,17)/t12-,13-/m0/s1. The molecule has 0 radical (unpaired) electrons. The van der Waals surface area contributed by atoms with Gasteiger partial charge < -0.3 is 15.0 Å². The fourth-order valence-corrected chi connectivity index (χ4v) is 2.48. The highest BCUT2D eigenvalue weighted by molar-refractivity contribution is 5.74. The largest absolute Gasteiger partial charge is 0.382 e. The van der Waals surface area contributed by atoms with Crippen molar-refractivity contribution in [2.45, 2.75) is 52.5 Å². The zero-order chi connectivity index (χ0) is 13.4. The van der Waals surface area contributed by atoms with Gasteiger partial charge in [0.25, 0.3) is 0 Å². The first-order valence-corrected chi connectivity index (χ1v) is 7.27. The number of carbonyl (C=O) groups is 1. The van der Waals surface area contributed by atoms with Crippen molar-refractivity contribution in [2.24, 2.45) is 5.92 Å². The lowest BCUT2D eigenvalue weighted by Gasteiger charge is -2.36. The molecule has 18 heavy (non-hydrogen) atoms. The molecule has 0 aromatic rings. The van der Waals surface area contributed by atoms with Gasteiger partial charge in [-0.25, -0.2) is 4.79 Å². The van der Waals surface area contributed by atoms with Gasteiger partial charge in [-0.3, -0.25) is 0 Å². The molecule has 0 aromatic heterocycles. The van der Waals surface area contributed by atoms with Gasteiger partial charge in [-0.05, 0) is 45.4 Å². The van der Waals surface area contributed by atoms with E-state index in [0.717, 1.165) is 57.9 Å². The summed E-state index contributed by atoms with van der Waals surface area (Å²) in [5.41, 5.74) is 0. The van der Waals surface area contributed by atoms with Crippen molar-refractivity contribution in [1.82, 2.24) is 10.2 Å². The number of hydrogen-bond donors (Lipinski definition) is 1. The van der Waals surface area contributed by atoms with Crippen LogP contribution < -0.4 is 5.32 Å². The summed E-state index contributed by atoms with van der Waals surface area (Å²) < 4.78 is 5.26. The fourth-order valence-electron chi connectivity index (χ4n) is 2.48. The van der Waals surface area contributed by atoms with E-state index >= 15 is 0 Å². The Balaban J connectivity index is 2.12. The van der Waals surface area contributed by atoms with E-state index in [1.165, 1.54) is 0 Å². The average Bonchev–Trinajstić information content (AvgIpc) is 2.33. The summed E-state index contributed by atoms with van der Waals surface area (Å²) in [4.78, 5) is 14.0. The van der Waals surface area contributed by atoms with Crippen LogP contribution in [0.4, 0.5) is 4.79 Å². The van der Waals surface area contributed by atoms with Crippen molar-refractivity contribution in [3.05, 3.63) is 0 Å². The zero-order valence-corrected chi connectivity index (χ0v) is 12.1. The molecule has 106 valence electrons. The highest BCUT2D eigenvalue weighted by atomic mass is 16.5. The van der Waals surface area contributed by atoms with Gasteiger partial charge in [0.1, 0.15) is 0 Å². The van der Waals surface area contributed by atoms with Crippen molar-refractivity contribution < 1.29 is 9.53 Å². The van der Waals surface area contributed by atoms with Gasteiger partial charge in [0.2, 0.25) is 0 Å². The lowest BCUT2D eigenvalue weighted by atomic mass is 9.94. The molecule has 1 rings (SSSR count). The Morgan fingerprint density at radius 3 is 2.83 bits per heavy atom. The van der Waals surface area contributed by atoms with Crippen LogP contribution in [0.1, 0.15) is 46.5 Å². The summed E-state index contributed by atoms with van der Waals surface area (Å²) >= 11 is 0. The number of hydrogen-bond acceptors (Lipinski definition) is 2. The maximum Gasteiger partial charge on any atom is 0.317 e. The molecule has 1 heterocycles. The van der Waals surface area contributed by atoms with E-state index in [-0.39, 0.29) is 6.03 Å². The highest BCUT2D eigenvalue weighted by Crippen LogP contribution is 2.21. The van der Waals surface area contributed by atoms with Gasteiger partial charge in [0.15, 0.2) is 0 Å². The number of urea groups is 1. The van der Waals surface area contributed by atoms with Gasteiger partial charge in [0.05, 0.1) is 0 Å². The molecule has 0 saturated carbocycles. The van der Waals surface area contributed by atoms with Crippen LogP contribution in [-0.4, -0.2) is 43.3 Å². The van der Waals surface area contributed by atoms with Gasteiger partial charge >= 0.3 is 6.03 Å². The quantitative estimate of drug-likeness (QED) is 0.742. The minimum Gasteiger partial charge on any atom is -0.382 e. The first kappa shape index (κ1) is 15.3. The van der Waals surface area contributed by atoms with Crippen LogP contribution >= 0.6 is 0 Å². The Kier molecular flexibility index (Phi) is 7.09. The number of piperidine rings is 1. The normalized spacial score (nSPS) is 24.1. The summed E-state index contributed by atoms with van der Waals surface area (Å²) in [6.07, 6.45) is 4.25. The molecule has 0 aliphatic carbocycles. The molecule has 1 fully saturated rings. The number of nitrogens with one attached hydrogen (secondary N) is 1. The molecule has 1 aliphatic rings. The predicted molar refractivity (Wildman–Crippen MR) is 73.7 cm³/mol. The third-order valence-electron chi connectivity index (χ3n) is 3.60. The monoisotopic (exact) mass is 256 g/mol. The smallest absolute Gasteiger partial charge is 0.317 e. The first-order valence-electron chi connectivity index (χ1n) is 7.27. The molecule has 2 atom stereocenters. The Morgan fingerprint density at radius 2 is 2.17 bits per heavy atom. The number of amides is 2. The summed E-state index contributed by atoms with van der Waals surface area (Å²) in [5, 5.41) is 3.01. The maximum atomic E-state index is 12.0. The van der Waals surface area contributed by atoms with Crippen molar-refractivity contribution in [1.29, 1.82) is 0 Å². The molecule has 1 saturated heterocycles. The number of rotatable bonds is 6. The SMILES string of the molecule is CCOCCCCNC(=O)N1CC[C@H](C)C[C@@H]1C. The van der Waals surface area contributed by atoms with Crippen LogP contribution in [0.5, 0.6) is 0 Å². The van der Waals surface area contributed by atoms with E-state index in [9.17, 15) is 4.79 Å². The molecule has 4 nitrogen and oxygen atoms in total. The molecular weight excluding hydrogens is 228 g/mol. The number of unbranched alkanes of at least 4 members (excludes halogenated alkanes) is 1. The molecule has 1 N–H and O–H groups in total. The van der Waals surface area contributed by atoms with E-state index in [2.05, 4.69) is 19.2 Å². The minimum atomic E-state index is 0.103. The molecule has 0 bridgehead atoms. The Hall–Kier alpha value is -0.770. The third-order valence-corrected chi connectivity index (χ3v) is 3.60. The number of nitrogens with zero attached hydrogens (tertiary/aromatic N) is 1. The number of likely N-dealkylation sites (tertiary alicyclic amines) is 1. The molecule has 0 spiro atoms. The second-order valence-electron chi connectivity index (χ2n) is 5.31. The fraction of sp³-hybridized carbons (Fsp3) is 0.929. The van der Waals surface area contributed by atoms with E-state index < -0.39 is 0 Å². The first-order chi connectivity index (χ1) is 8.65. The van der Waals surface area contributed by atoms with Crippen LogP contribution in [0.25, 0.3) is 0 Å². The van der Waals surface area contributed by atoms with E-state index in [1.54, 1.807) is 0 Å². The molecule has 2 amide bonds. The van der Waals surface area contributed by atoms with Gasteiger partial charge in [0, 0.05) is 32.3 Å². The Labute approximate surface area is 111 Å². The highest BCUT2D eigenvalue weighted by Gasteiger charge is 2.26. The third kappa shape index (κ3) is 5.25.